The summed E-state index contributed by atoms with van der Waals surface area (Å²) in [5.41, 5.74) is 2.00. The third-order valence-corrected chi connectivity index (χ3v) is 6.08. The van der Waals surface area contributed by atoms with E-state index in [0.717, 1.165) is 11.1 Å². The molecular weight excluding hydrogens is 394 g/mol. The zero-order valence-electron chi connectivity index (χ0n) is 18.1. The van der Waals surface area contributed by atoms with E-state index >= 15 is 0 Å². The first-order chi connectivity index (χ1) is 14.9. The lowest BCUT2D eigenvalue weighted by molar-refractivity contribution is -0.129. The molecule has 2 aliphatic heterocycles. The van der Waals surface area contributed by atoms with Crippen molar-refractivity contribution in [2.75, 3.05) is 27.3 Å². The highest BCUT2D eigenvalue weighted by Gasteiger charge is 2.43. The number of carbonyl (C=O) groups is 2. The molecule has 0 N–H and O–H groups in total. The van der Waals surface area contributed by atoms with E-state index in [1.807, 2.05) is 37.3 Å². The molecule has 0 aromatic heterocycles. The van der Waals surface area contributed by atoms with Crippen LogP contribution in [0.1, 0.15) is 40.7 Å². The highest BCUT2D eigenvalue weighted by Crippen LogP contribution is 2.39. The van der Waals surface area contributed by atoms with Gasteiger partial charge in [0.1, 0.15) is 22.8 Å². The lowest BCUT2D eigenvalue weighted by atomic mass is 9.82. The molecule has 0 bridgehead atoms. The van der Waals surface area contributed by atoms with Gasteiger partial charge in [0.25, 0.3) is 0 Å². The number of amides is 1. The van der Waals surface area contributed by atoms with E-state index in [1.54, 1.807) is 37.3 Å². The summed E-state index contributed by atoms with van der Waals surface area (Å²) in [6.45, 7) is 3.08. The predicted octanol–water partition coefficient (Wildman–Crippen LogP) is 4.05. The second-order valence-electron chi connectivity index (χ2n) is 8.15. The average molecular weight is 421 g/mol. The van der Waals surface area contributed by atoms with Gasteiger partial charge in [-0.25, -0.2) is 0 Å². The lowest BCUT2D eigenvalue weighted by Gasteiger charge is -2.43. The van der Waals surface area contributed by atoms with Crippen LogP contribution in [0.5, 0.6) is 17.2 Å². The van der Waals surface area contributed by atoms with Gasteiger partial charge < -0.3 is 19.1 Å². The number of piperidine rings is 1. The highest BCUT2D eigenvalue weighted by atomic mass is 16.5. The second kappa shape index (κ2) is 8.46. The average Bonchev–Trinajstić information content (AvgIpc) is 2.78. The molecule has 0 radical (unpaired) electrons. The summed E-state index contributed by atoms with van der Waals surface area (Å²) in [7, 11) is 3.18. The fraction of sp³-hybridized carbons (Fsp3) is 0.360. The van der Waals surface area contributed by atoms with Crippen LogP contribution < -0.4 is 14.2 Å². The molecule has 162 valence electrons. The van der Waals surface area contributed by atoms with E-state index in [4.69, 9.17) is 14.2 Å². The fourth-order valence-corrected chi connectivity index (χ4v) is 4.24. The number of hydrogen-bond donors (Lipinski definition) is 0. The van der Waals surface area contributed by atoms with Gasteiger partial charge in [-0.15, -0.1) is 0 Å². The number of benzene rings is 2. The van der Waals surface area contributed by atoms with Gasteiger partial charge in [-0.1, -0.05) is 11.6 Å². The molecule has 1 amide bonds. The van der Waals surface area contributed by atoms with Gasteiger partial charge >= 0.3 is 0 Å². The molecule has 2 aromatic carbocycles. The first-order valence-electron chi connectivity index (χ1n) is 10.4. The van der Waals surface area contributed by atoms with E-state index in [-0.39, 0.29) is 11.7 Å². The highest BCUT2D eigenvalue weighted by molar-refractivity contribution is 6.00. The summed E-state index contributed by atoms with van der Waals surface area (Å²) in [4.78, 5) is 27.2. The van der Waals surface area contributed by atoms with Crippen molar-refractivity contribution < 1.29 is 23.8 Å². The Hall–Kier alpha value is -3.28. The van der Waals surface area contributed by atoms with Crippen molar-refractivity contribution in [3.63, 3.8) is 0 Å². The largest absolute Gasteiger partial charge is 0.497 e. The normalized spacial score (nSPS) is 17.4. The number of likely N-dealkylation sites (tertiary alicyclic amines) is 1. The van der Waals surface area contributed by atoms with Crippen LogP contribution in [0.15, 0.2) is 42.5 Å². The molecule has 1 saturated heterocycles. The van der Waals surface area contributed by atoms with E-state index in [9.17, 15) is 9.59 Å². The summed E-state index contributed by atoms with van der Waals surface area (Å²) in [6, 6.07) is 11.2. The molecule has 0 aliphatic carbocycles. The molecule has 2 aliphatic rings. The van der Waals surface area contributed by atoms with Gasteiger partial charge in [-0.3, -0.25) is 9.59 Å². The summed E-state index contributed by atoms with van der Waals surface area (Å²) in [5, 5.41) is 0. The second-order valence-corrected chi connectivity index (χ2v) is 8.15. The molecule has 2 aromatic rings. The minimum Gasteiger partial charge on any atom is -0.497 e. The van der Waals surface area contributed by atoms with Gasteiger partial charge in [-0.2, -0.15) is 0 Å². The van der Waals surface area contributed by atoms with Crippen LogP contribution in [0.2, 0.25) is 0 Å². The number of ether oxygens (including phenoxy) is 3. The maximum atomic E-state index is 12.7. The Balaban J connectivity index is 1.41. The van der Waals surface area contributed by atoms with E-state index < -0.39 is 5.60 Å². The number of fused-ring (bicyclic) bond motifs is 1. The van der Waals surface area contributed by atoms with Crippen LogP contribution in [0.4, 0.5) is 0 Å². The van der Waals surface area contributed by atoms with Gasteiger partial charge in [0.05, 0.1) is 26.2 Å². The summed E-state index contributed by atoms with van der Waals surface area (Å²) in [5.74, 6) is 2.06. The van der Waals surface area contributed by atoms with Crippen molar-refractivity contribution in [2.45, 2.75) is 31.8 Å². The van der Waals surface area contributed by atoms with Crippen molar-refractivity contribution in [3.8, 4) is 17.2 Å². The molecule has 1 spiro atoms. The van der Waals surface area contributed by atoms with Gasteiger partial charge in [0, 0.05) is 43.6 Å². The molecule has 6 nitrogen and oxygen atoms in total. The molecule has 4 rings (SSSR count). The Morgan fingerprint density at radius 2 is 1.87 bits per heavy atom. The number of ketones is 1. The zero-order valence-corrected chi connectivity index (χ0v) is 18.1. The molecular formula is C25H27NO5. The fourth-order valence-electron chi connectivity index (χ4n) is 4.24. The Morgan fingerprint density at radius 3 is 2.58 bits per heavy atom. The van der Waals surface area contributed by atoms with E-state index in [1.165, 1.54) is 0 Å². The minimum atomic E-state index is -0.515. The number of methoxy groups -OCH3 is 2. The Kier molecular flexibility index (Phi) is 5.72. The van der Waals surface area contributed by atoms with Crippen LogP contribution in [-0.2, 0) is 4.79 Å². The van der Waals surface area contributed by atoms with Crippen LogP contribution >= 0.6 is 0 Å². The SMILES string of the molecule is COc1ccc(/C=C/C(=O)N2CCC3(CC2)CC(=O)c2cc(C)ccc2O3)c(OC)c1. The standard InChI is InChI=1S/C25H27NO5/c1-17-4-8-22-20(14-17)21(27)16-25(31-22)10-12-26(13-11-25)24(28)9-6-18-5-7-19(29-2)15-23(18)30-3/h4-9,14-15H,10-13,16H2,1-3H3/b9-6+. The summed E-state index contributed by atoms with van der Waals surface area (Å²) >= 11 is 0. The summed E-state index contributed by atoms with van der Waals surface area (Å²) in [6.07, 6.45) is 4.96. The number of nitrogens with zero attached hydrogens (tertiary/aromatic N) is 1. The maximum Gasteiger partial charge on any atom is 0.246 e. The number of hydrogen-bond acceptors (Lipinski definition) is 5. The molecule has 31 heavy (non-hydrogen) atoms. The van der Waals surface area contributed by atoms with E-state index in [0.29, 0.717) is 55.2 Å². The Labute approximate surface area is 182 Å². The van der Waals surface area contributed by atoms with Crippen LogP contribution in [0, 0.1) is 6.92 Å². The molecule has 1 fully saturated rings. The zero-order chi connectivity index (χ0) is 22.0. The summed E-state index contributed by atoms with van der Waals surface area (Å²) < 4.78 is 16.9. The van der Waals surface area contributed by atoms with E-state index in [2.05, 4.69) is 0 Å². The first-order valence-corrected chi connectivity index (χ1v) is 10.4. The van der Waals surface area contributed by atoms with Gasteiger partial charge in [-0.05, 0) is 37.3 Å². The first kappa shape index (κ1) is 21.0. The Morgan fingerprint density at radius 1 is 1.10 bits per heavy atom. The van der Waals surface area contributed by atoms with Crippen molar-refractivity contribution in [1.29, 1.82) is 0 Å². The molecule has 0 atom stereocenters. The number of rotatable bonds is 4. The molecule has 0 unspecified atom stereocenters. The van der Waals surface area contributed by atoms with Crippen molar-refractivity contribution in [1.82, 2.24) is 4.90 Å². The number of aryl methyl sites for hydroxylation is 1. The van der Waals surface area contributed by atoms with Crippen molar-refractivity contribution in [2.24, 2.45) is 0 Å². The monoisotopic (exact) mass is 421 g/mol. The van der Waals surface area contributed by atoms with Crippen LogP contribution in [0.3, 0.4) is 0 Å². The molecule has 6 heteroatoms. The third-order valence-electron chi connectivity index (χ3n) is 6.08. The lowest BCUT2D eigenvalue weighted by Crippen LogP contribution is -2.52. The van der Waals surface area contributed by atoms with Crippen molar-refractivity contribution in [3.05, 3.63) is 59.2 Å². The predicted molar refractivity (Wildman–Crippen MR) is 118 cm³/mol. The topological polar surface area (TPSA) is 65.1 Å². The smallest absolute Gasteiger partial charge is 0.246 e. The maximum absolute atomic E-state index is 12.7. The van der Waals surface area contributed by atoms with Crippen LogP contribution in [-0.4, -0.2) is 49.5 Å². The van der Waals surface area contributed by atoms with Gasteiger partial charge in [0.15, 0.2) is 5.78 Å². The third kappa shape index (κ3) is 4.29. The Bertz CT molecular complexity index is 1030. The molecule has 2 heterocycles. The van der Waals surface area contributed by atoms with Crippen LogP contribution in [0.25, 0.3) is 6.08 Å². The number of carbonyl (C=O) groups excluding carboxylic acids is 2. The number of Topliss-reactive ketones (excluding diaryl/α,β-unsaturated/α-hetero) is 1. The molecule has 0 saturated carbocycles. The van der Waals surface area contributed by atoms with Gasteiger partial charge in [0.2, 0.25) is 5.91 Å². The quantitative estimate of drug-likeness (QED) is 0.697. The minimum absolute atomic E-state index is 0.0640. The van der Waals surface area contributed by atoms with Crippen molar-refractivity contribution >= 4 is 17.8 Å².